The third-order valence-electron chi connectivity index (χ3n) is 4.09. The number of aromatic nitrogens is 2. The molecule has 1 aromatic heterocycles. The van der Waals surface area contributed by atoms with Gasteiger partial charge in [0.15, 0.2) is 0 Å². The molecule has 2 aromatic rings. The lowest BCUT2D eigenvalue weighted by molar-refractivity contribution is -0.122. The quantitative estimate of drug-likeness (QED) is 0.928. The van der Waals surface area contributed by atoms with Crippen molar-refractivity contribution >= 4 is 16.8 Å². The van der Waals surface area contributed by atoms with E-state index in [0.717, 1.165) is 5.56 Å². The molecule has 5 nitrogen and oxygen atoms in total. The first-order valence-corrected chi connectivity index (χ1v) is 7.30. The van der Waals surface area contributed by atoms with Crippen molar-refractivity contribution in [2.24, 2.45) is 5.92 Å². The third-order valence-corrected chi connectivity index (χ3v) is 4.09. The molecule has 1 aliphatic rings. The Bertz CT molecular complexity index is 747. The molecule has 0 bridgehead atoms. The van der Waals surface area contributed by atoms with Gasteiger partial charge in [-0.1, -0.05) is 12.1 Å². The zero-order chi connectivity index (χ0) is 15.0. The molecule has 0 spiro atoms. The summed E-state index contributed by atoms with van der Waals surface area (Å²) in [7, 11) is 0. The lowest BCUT2D eigenvalue weighted by atomic mass is 10.1. The molecule has 1 aromatic carbocycles. The molecule has 3 rings (SSSR count). The molecule has 1 saturated carbocycles. The minimum atomic E-state index is -0.169. The Balaban J connectivity index is 1.82. The van der Waals surface area contributed by atoms with Crippen LogP contribution in [-0.2, 0) is 11.3 Å². The Labute approximate surface area is 123 Å². The molecule has 0 aliphatic heterocycles. The maximum Gasteiger partial charge on any atom is 0.261 e. The SMILES string of the molecule is Cc1cccc2c(=O)n(CC(=O)N[C@H](C)C3CC3)cnc12. The molecule has 1 atom stereocenters. The second-order valence-electron chi connectivity index (χ2n) is 5.84. The van der Waals surface area contributed by atoms with Crippen LogP contribution in [0.25, 0.3) is 10.9 Å². The van der Waals surface area contributed by atoms with Gasteiger partial charge in [-0.15, -0.1) is 0 Å². The largest absolute Gasteiger partial charge is 0.352 e. The molecular weight excluding hydrogens is 266 g/mol. The maximum absolute atomic E-state index is 12.4. The van der Waals surface area contributed by atoms with Crippen molar-refractivity contribution in [3.05, 3.63) is 40.4 Å². The number of aryl methyl sites for hydroxylation is 1. The van der Waals surface area contributed by atoms with E-state index in [9.17, 15) is 9.59 Å². The van der Waals surface area contributed by atoms with E-state index in [2.05, 4.69) is 10.3 Å². The van der Waals surface area contributed by atoms with Crippen LogP contribution in [0.3, 0.4) is 0 Å². The highest BCUT2D eigenvalue weighted by molar-refractivity contribution is 5.81. The van der Waals surface area contributed by atoms with E-state index in [1.54, 1.807) is 6.07 Å². The number of benzene rings is 1. The number of fused-ring (bicyclic) bond motifs is 1. The monoisotopic (exact) mass is 285 g/mol. The first-order valence-electron chi connectivity index (χ1n) is 7.30. The minimum Gasteiger partial charge on any atom is -0.352 e. The van der Waals surface area contributed by atoms with Crippen molar-refractivity contribution in [1.82, 2.24) is 14.9 Å². The fourth-order valence-electron chi connectivity index (χ4n) is 2.62. The molecule has 1 heterocycles. The number of carbonyl (C=O) groups excluding carboxylic acids is 1. The van der Waals surface area contributed by atoms with E-state index in [4.69, 9.17) is 0 Å². The van der Waals surface area contributed by atoms with Crippen LogP contribution in [0.1, 0.15) is 25.3 Å². The van der Waals surface area contributed by atoms with E-state index in [1.807, 2.05) is 26.0 Å². The van der Waals surface area contributed by atoms with Crippen molar-refractivity contribution in [1.29, 1.82) is 0 Å². The molecule has 0 radical (unpaired) electrons. The topological polar surface area (TPSA) is 64.0 Å². The van der Waals surface area contributed by atoms with Crippen molar-refractivity contribution in [2.45, 2.75) is 39.3 Å². The fourth-order valence-corrected chi connectivity index (χ4v) is 2.62. The van der Waals surface area contributed by atoms with Crippen LogP contribution in [0.5, 0.6) is 0 Å². The molecule has 1 amide bonds. The summed E-state index contributed by atoms with van der Waals surface area (Å²) in [6, 6.07) is 5.69. The van der Waals surface area contributed by atoms with Gasteiger partial charge in [0.25, 0.3) is 5.56 Å². The van der Waals surface area contributed by atoms with Crippen LogP contribution in [0.2, 0.25) is 0 Å². The Hall–Kier alpha value is -2.17. The number of para-hydroxylation sites is 1. The summed E-state index contributed by atoms with van der Waals surface area (Å²) in [6.45, 7) is 3.95. The van der Waals surface area contributed by atoms with Gasteiger partial charge in [0, 0.05) is 6.04 Å². The van der Waals surface area contributed by atoms with Gasteiger partial charge in [-0.05, 0) is 44.2 Å². The van der Waals surface area contributed by atoms with Gasteiger partial charge in [0.05, 0.1) is 17.2 Å². The van der Waals surface area contributed by atoms with Crippen molar-refractivity contribution in [2.75, 3.05) is 0 Å². The molecule has 1 fully saturated rings. The Morgan fingerprint density at radius 2 is 2.24 bits per heavy atom. The van der Waals surface area contributed by atoms with Gasteiger partial charge in [0.2, 0.25) is 5.91 Å². The molecule has 1 N–H and O–H groups in total. The molecule has 0 saturated heterocycles. The number of nitrogens with zero attached hydrogens (tertiary/aromatic N) is 2. The van der Waals surface area contributed by atoms with Gasteiger partial charge < -0.3 is 5.32 Å². The van der Waals surface area contributed by atoms with Gasteiger partial charge >= 0.3 is 0 Å². The molecular formula is C16H19N3O2. The lowest BCUT2D eigenvalue weighted by Gasteiger charge is -2.13. The smallest absolute Gasteiger partial charge is 0.261 e. The number of rotatable bonds is 4. The summed E-state index contributed by atoms with van der Waals surface area (Å²) in [5, 5.41) is 3.51. The normalized spacial score (nSPS) is 15.9. The molecule has 110 valence electrons. The second kappa shape index (κ2) is 5.31. The first-order chi connectivity index (χ1) is 10.1. The maximum atomic E-state index is 12.4. The summed E-state index contributed by atoms with van der Waals surface area (Å²) in [6.07, 6.45) is 3.81. The van der Waals surface area contributed by atoms with Crippen molar-refractivity contribution in [3.63, 3.8) is 0 Å². The van der Waals surface area contributed by atoms with Crippen molar-refractivity contribution < 1.29 is 4.79 Å². The van der Waals surface area contributed by atoms with Crippen LogP contribution in [0.15, 0.2) is 29.3 Å². The van der Waals surface area contributed by atoms with Gasteiger partial charge in [-0.25, -0.2) is 4.98 Å². The summed E-state index contributed by atoms with van der Waals surface area (Å²) in [5.41, 5.74) is 1.49. The van der Waals surface area contributed by atoms with Gasteiger partial charge in [-0.3, -0.25) is 14.2 Å². The van der Waals surface area contributed by atoms with E-state index in [1.165, 1.54) is 23.7 Å². The van der Waals surface area contributed by atoms with Crippen LogP contribution < -0.4 is 10.9 Å². The second-order valence-corrected chi connectivity index (χ2v) is 5.84. The summed E-state index contributed by atoms with van der Waals surface area (Å²) in [4.78, 5) is 28.7. The zero-order valence-electron chi connectivity index (χ0n) is 12.3. The predicted octanol–water partition coefficient (Wildman–Crippen LogP) is 1.62. The molecule has 1 aliphatic carbocycles. The van der Waals surface area contributed by atoms with Crippen molar-refractivity contribution in [3.8, 4) is 0 Å². The number of carbonyl (C=O) groups is 1. The zero-order valence-corrected chi connectivity index (χ0v) is 12.3. The average Bonchev–Trinajstić information content (AvgIpc) is 3.27. The number of hydrogen-bond acceptors (Lipinski definition) is 3. The third kappa shape index (κ3) is 2.82. The Morgan fingerprint density at radius 3 is 2.95 bits per heavy atom. The van der Waals surface area contributed by atoms with Gasteiger partial charge in [-0.2, -0.15) is 0 Å². The summed E-state index contributed by atoms with van der Waals surface area (Å²) < 4.78 is 1.37. The van der Waals surface area contributed by atoms with Crippen LogP contribution in [-0.4, -0.2) is 21.5 Å². The summed E-state index contributed by atoms with van der Waals surface area (Å²) >= 11 is 0. The van der Waals surface area contributed by atoms with E-state index in [-0.39, 0.29) is 24.1 Å². The molecule has 5 heteroatoms. The fraction of sp³-hybridized carbons (Fsp3) is 0.438. The molecule has 21 heavy (non-hydrogen) atoms. The lowest BCUT2D eigenvalue weighted by Crippen LogP contribution is -2.38. The van der Waals surface area contributed by atoms with E-state index < -0.39 is 0 Å². The van der Waals surface area contributed by atoms with Crippen LogP contribution >= 0.6 is 0 Å². The minimum absolute atomic E-state index is 0.0206. The molecule has 0 unspecified atom stereocenters. The van der Waals surface area contributed by atoms with E-state index in [0.29, 0.717) is 16.8 Å². The first kappa shape index (κ1) is 13.8. The van der Waals surface area contributed by atoms with E-state index >= 15 is 0 Å². The predicted molar refractivity (Wildman–Crippen MR) is 81.1 cm³/mol. The number of hydrogen-bond donors (Lipinski definition) is 1. The summed E-state index contributed by atoms with van der Waals surface area (Å²) in [5.74, 6) is 0.466. The standard InChI is InChI=1S/C16H19N3O2/c1-10-4-3-5-13-15(10)17-9-19(16(13)21)8-14(20)18-11(2)12-6-7-12/h3-5,9,11-12H,6-8H2,1-2H3,(H,18,20)/t11-/m1/s1. The Kier molecular flexibility index (Phi) is 3.49. The van der Waals surface area contributed by atoms with Crippen LogP contribution in [0, 0.1) is 12.8 Å². The van der Waals surface area contributed by atoms with Crippen LogP contribution in [0.4, 0.5) is 0 Å². The average molecular weight is 285 g/mol. The number of amides is 1. The highest BCUT2D eigenvalue weighted by atomic mass is 16.2. The Morgan fingerprint density at radius 1 is 1.48 bits per heavy atom. The number of nitrogens with one attached hydrogen (secondary N) is 1. The highest BCUT2D eigenvalue weighted by Gasteiger charge is 2.28. The highest BCUT2D eigenvalue weighted by Crippen LogP contribution is 2.32. The van der Waals surface area contributed by atoms with Gasteiger partial charge in [0.1, 0.15) is 6.54 Å².